The van der Waals surface area contributed by atoms with E-state index in [-0.39, 0.29) is 11.4 Å². The van der Waals surface area contributed by atoms with Crippen LogP contribution in [-0.2, 0) is 16.6 Å². The van der Waals surface area contributed by atoms with Crippen molar-refractivity contribution in [1.29, 1.82) is 0 Å². The summed E-state index contributed by atoms with van der Waals surface area (Å²) in [6, 6.07) is 20.6. The van der Waals surface area contributed by atoms with Gasteiger partial charge in [0.25, 0.3) is 0 Å². The van der Waals surface area contributed by atoms with Gasteiger partial charge in [-0.15, -0.1) is 0 Å². The van der Waals surface area contributed by atoms with E-state index in [1.54, 1.807) is 12.1 Å². The van der Waals surface area contributed by atoms with E-state index in [9.17, 15) is 8.42 Å². The van der Waals surface area contributed by atoms with Gasteiger partial charge in [-0.05, 0) is 30.6 Å². The first-order chi connectivity index (χ1) is 15.5. The second kappa shape index (κ2) is 8.46. The average molecular weight is 448 g/mol. The molecular formula is C24H25N5O2S. The highest BCUT2D eigenvalue weighted by Gasteiger charge is 2.21. The van der Waals surface area contributed by atoms with Crippen LogP contribution < -0.4 is 9.62 Å². The molecule has 0 aliphatic carbocycles. The Kier molecular flexibility index (Phi) is 5.50. The first-order valence-corrected chi connectivity index (χ1v) is 12.2. The molecule has 1 N–H and O–H groups in total. The largest absolute Gasteiger partial charge is 0.353 e. The van der Waals surface area contributed by atoms with Gasteiger partial charge in [-0.1, -0.05) is 48.5 Å². The summed E-state index contributed by atoms with van der Waals surface area (Å²) in [5.41, 5.74) is 0.816. The van der Waals surface area contributed by atoms with Crippen LogP contribution in [0.25, 0.3) is 21.7 Å². The van der Waals surface area contributed by atoms with E-state index in [2.05, 4.69) is 26.6 Å². The fourth-order valence-electron chi connectivity index (χ4n) is 4.11. The minimum atomic E-state index is -3.73. The van der Waals surface area contributed by atoms with Crippen molar-refractivity contribution < 1.29 is 8.42 Å². The van der Waals surface area contributed by atoms with Crippen LogP contribution in [0.3, 0.4) is 0 Å². The standard InChI is InChI=1S/C24H25N5O2S/c1-28-13-15-29(16-14-28)24-20-10-4-5-11-21(20)26-23(27-24)17-25-32(30,31)22-12-6-8-18-7-2-3-9-19(18)22/h2-12,25H,13-17H2,1H3. The molecule has 32 heavy (non-hydrogen) atoms. The Bertz CT molecular complexity index is 1380. The van der Waals surface area contributed by atoms with E-state index in [1.165, 1.54) is 0 Å². The third-order valence-corrected chi connectivity index (χ3v) is 7.35. The molecule has 0 saturated carbocycles. The molecule has 5 rings (SSSR count). The Morgan fingerprint density at radius 1 is 0.844 bits per heavy atom. The maximum Gasteiger partial charge on any atom is 0.241 e. The maximum atomic E-state index is 13.1. The van der Waals surface area contributed by atoms with Crippen molar-refractivity contribution in [2.75, 3.05) is 38.1 Å². The lowest BCUT2D eigenvalue weighted by Crippen LogP contribution is -2.45. The van der Waals surface area contributed by atoms with Gasteiger partial charge in [-0.25, -0.2) is 23.1 Å². The number of nitrogens with one attached hydrogen (secondary N) is 1. The fourth-order valence-corrected chi connectivity index (χ4v) is 5.32. The van der Waals surface area contributed by atoms with Crippen LogP contribution in [0.2, 0.25) is 0 Å². The molecule has 8 heteroatoms. The van der Waals surface area contributed by atoms with Gasteiger partial charge in [-0.2, -0.15) is 0 Å². The quantitative estimate of drug-likeness (QED) is 0.507. The monoisotopic (exact) mass is 447 g/mol. The molecule has 164 valence electrons. The molecule has 2 heterocycles. The van der Waals surface area contributed by atoms with Crippen LogP contribution in [-0.4, -0.2) is 56.5 Å². The lowest BCUT2D eigenvalue weighted by molar-refractivity contribution is 0.312. The van der Waals surface area contributed by atoms with E-state index in [0.717, 1.165) is 48.3 Å². The molecule has 0 radical (unpaired) electrons. The number of fused-ring (bicyclic) bond motifs is 2. The lowest BCUT2D eigenvalue weighted by atomic mass is 10.1. The van der Waals surface area contributed by atoms with Crippen molar-refractivity contribution in [2.45, 2.75) is 11.4 Å². The topological polar surface area (TPSA) is 78.4 Å². The summed E-state index contributed by atoms with van der Waals surface area (Å²) in [5, 5.41) is 2.56. The molecule has 1 fully saturated rings. The molecule has 3 aromatic carbocycles. The van der Waals surface area contributed by atoms with E-state index >= 15 is 0 Å². The van der Waals surface area contributed by atoms with Crippen molar-refractivity contribution in [3.63, 3.8) is 0 Å². The van der Waals surface area contributed by atoms with E-state index in [1.807, 2.05) is 54.6 Å². The number of nitrogens with zero attached hydrogens (tertiary/aromatic N) is 4. The third kappa shape index (κ3) is 4.04. The number of hydrogen-bond donors (Lipinski definition) is 1. The molecule has 0 spiro atoms. The van der Waals surface area contributed by atoms with Crippen LogP contribution in [0.4, 0.5) is 5.82 Å². The van der Waals surface area contributed by atoms with Gasteiger partial charge in [0.15, 0.2) is 0 Å². The normalized spacial score (nSPS) is 15.5. The Labute approximate surface area is 187 Å². The van der Waals surface area contributed by atoms with Crippen molar-refractivity contribution in [2.24, 2.45) is 0 Å². The van der Waals surface area contributed by atoms with Crippen LogP contribution in [0.15, 0.2) is 71.6 Å². The first-order valence-electron chi connectivity index (χ1n) is 10.7. The van der Waals surface area contributed by atoms with Crippen molar-refractivity contribution in [3.05, 3.63) is 72.6 Å². The zero-order chi connectivity index (χ0) is 22.1. The van der Waals surface area contributed by atoms with Gasteiger partial charge >= 0.3 is 0 Å². The summed E-state index contributed by atoms with van der Waals surface area (Å²) in [5.74, 6) is 1.32. The summed E-state index contributed by atoms with van der Waals surface area (Å²) in [7, 11) is -1.62. The number of sulfonamides is 1. The number of hydrogen-bond acceptors (Lipinski definition) is 6. The molecule has 0 amide bonds. The Morgan fingerprint density at radius 2 is 1.53 bits per heavy atom. The average Bonchev–Trinajstić information content (AvgIpc) is 2.82. The van der Waals surface area contributed by atoms with Crippen LogP contribution in [0, 0.1) is 0 Å². The van der Waals surface area contributed by atoms with E-state index < -0.39 is 10.0 Å². The number of benzene rings is 3. The Hall–Kier alpha value is -3.07. The van der Waals surface area contributed by atoms with Gasteiger partial charge in [-0.3, -0.25) is 0 Å². The molecule has 0 atom stereocenters. The Morgan fingerprint density at radius 3 is 2.34 bits per heavy atom. The van der Waals surface area contributed by atoms with Gasteiger partial charge < -0.3 is 9.80 Å². The number of rotatable bonds is 5. The summed E-state index contributed by atoms with van der Waals surface area (Å²) in [6.45, 7) is 3.69. The Balaban J connectivity index is 1.46. The second-order valence-corrected chi connectivity index (χ2v) is 9.81. The van der Waals surface area contributed by atoms with E-state index in [4.69, 9.17) is 4.98 Å². The van der Waals surface area contributed by atoms with Crippen LogP contribution in [0.1, 0.15) is 5.82 Å². The molecule has 7 nitrogen and oxygen atoms in total. The van der Waals surface area contributed by atoms with Gasteiger partial charge in [0, 0.05) is 37.0 Å². The van der Waals surface area contributed by atoms with Gasteiger partial charge in [0.1, 0.15) is 11.6 Å². The molecule has 0 bridgehead atoms. The molecular weight excluding hydrogens is 422 g/mol. The SMILES string of the molecule is CN1CCN(c2nc(CNS(=O)(=O)c3cccc4ccccc34)nc3ccccc23)CC1. The smallest absolute Gasteiger partial charge is 0.241 e. The minimum absolute atomic E-state index is 0.0249. The number of likely N-dealkylation sites (N-methyl/N-ethyl adjacent to an activating group) is 1. The summed E-state index contributed by atoms with van der Waals surface area (Å²) >= 11 is 0. The zero-order valence-electron chi connectivity index (χ0n) is 17.9. The van der Waals surface area contributed by atoms with Crippen LogP contribution >= 0.6 is 0 Å². The number of anilines is 1. The minimum Gasteiger partial charge on any atom is -0.353 e. The molecule has 1 aromatic heterocycles. The van der Waals surface area contributed by atoms with E-state index in [0.29, 0.717) is 11.2 Å². The van der Waals surface area contributed by atoms with Gasteiger partial charge in [0.2, 0.25) is 10.0 Å². The van der Waals surface area contributed by atoms with Crippen molar-refractivity contribution in [1.82, 2.24) is 19.6 Å². The highest BCUT2D eigenvalue weighted by Crippen LogP contribution is 2.26. The lowest BCUT2D eigenvalue weighted by Gasteiger charge is -2.33. The summed E-state index contributed by atoms with van der Waals surface area (Å²) in [4.78, 5) is 14.2. The summed E-state index contributed by atoms with van der Waals surface area (Å²) in [6.07, 6.45) is 0. The first kappa shape index (κ1) is 20.8. The summed E-state index contributed by atoms with van der Waals surface area (Å²) < 4.78 is 29.0. The number of piperazine rings is 1. The predicted octanol–water partition coefficient (Wildman–Crippen LogP) is 3.01. The van der Waals surface area contributed by atoms with Crippen molar-refractivity contribution in [3.8, 4) is 0 Å². The number of aromatic nitrogens is 2. The second-order valence-electron chi connectivity index (χ2n) is 8.07. The molecule has 1 aliphatic heterocycles. The predicted molar refractivity (Wildman–Crippen MR) is 127 cm³/mol. The highest BCUT2D eigenvalue weighted by molar-refractivity contribution is 7.89. The highest BCUT2D eigenvalue weighted by atomic mass is 32.2. The molecule has 4 aromatic rings. The van der Waals surface area contributed by atoms with Crippen LogP contribution in [0.5, 0.6) is 0 Å². The zero-order valence-corrected chi connectivity index (χ0v) is 18.7. The molecule has 1 saturated heterocycles. The van der Waals surface area contributed by atoms with Gasteiger partial charge in [0.05, 0.1) is 17.0 Å². The molecule has 0 unspecified atom stereocenters. The fraction of sp³-hybridized carbons (Fsp3) is 0.250. The van der Waals surface area contributed by atoms with Crippen molar-refractivity contribution >= 4 is 37.5 Å². The maximum absolute atomic E-state index is 13.1. The molecule has 1 aliphatic rings. The third-order valence-electron chi connectivity index (χ3n) is 5.89. The number of para-hydroxylation sites is 1.